The minimum absolute atomic E-state index is 0.0897. The predicted molar refractivity (Wildman–Crippen MR) is 40.3 cm³/mol. The minimum Gasteiger partial charge on any atom is -0.313 e. The van der Waals surface area contributed by atoms with Gasteiger partial charge in [0.2, 0.25) is 5.78 Å². The summed E-state index contributed by atoms with van der Waals surface area (Å²) in [4.78, 5) is 18.7. The fourth-order valence-corrected chi connectivity index (χ4v) is 0.683. The molecular formula is C7H9N3O. The van der Waals surface area contributed by atoms with Gasteiger partial charge in [-0.1, -0.05) is 0 Å². The van der Waals surface area contributed by atoms with Crippen molar-refractivity contribution in [3.05, 3.63) is 24.3 Å². The molecule has 0 spiro atoms. The molecule has 4 nitrogen and oxygen atoms in total. The van der Waals surface area contributed by atoms with Crippen LogP contribution in [0.5, 0.6) is 0 Å². The Kier molecular flexibility index (Phi) is 2.68. The first kappa shape index (κ1) is 7.81. The van der Waals surface area contributed by atoms with Gasteiger partial charge >= 0.3 is 0 Å². The van der Waals surface area contributed by atoms with Crippen LogP contribution in [0.2, 0.25) is 0 Å². The second-order valence-corrected chi connectivity index (χ2v) is 2.03. The standard InChI is InChI=1S/C7H9N3O/c1-8-5-6(11)7-9-3-2-4-10-7/h2-4,8H,5H2,1H3. The van der Waals surface area contributed by atoms with E-state index < -0.39 is 0 Å². The fourth-order valence-electron chi connectivity index (χ4n) is 0.683. The summed E-state index contributed by atoms with van der Waals surface area (Å²) >= 11 is 0. The summed E-state index contributed by atoms with van der Waals surface area (Å²) in [5.41, 5.74) is 0. The van der Waals surface area contributed by atoms with E-state index in [1.165, 1.54) is 0 Å². The number of hydrogen-bond donors (Lipinski definition) is 1. The second kappa shape index (κ2) is 3.78. The van der Waals surface area contributed by atoms with Gasteiger partial charge in [-0.05, 0) is 13.1 Å². The van der Waals surface area contributed by atoms with Crippen molar-refractivity contribution in [2.45, 2.75) is 0 Å². The molecule has 0 fully saturated rings. The number of likely N-dealkylation sites (N-methyl/N-ethyl adjacent to an activating group) is 1. The molecule has 0 amide bonds. The summed E-state index contributed by atoms with van der Waals surface area (Å²) in [7, 11) is 1.71. The molecule has 0 bridgehead atoms. The third kappa shape index (κ3) is 2.09. The number of carbonyl (C=O) groups excluding carboxylic acids is 1. The lowest BCUT2D eigenvalue weighted by Crippen LogP contribution is -2.20. The summed E-state index contributed by atoms with van der Waals surface area (Å²) in [6.07, 6.45) is 3.10. The zero-order chi connectivity index (χ0) is 8.10. The molecule has 58 valence electrons. The van der Waals surface area contributed by atoms with Crippen LogP contribution in [0.3, 0.4) is 0 Å². The SMILES string of the molecule is CNCC(=O)c1ncccn1. The first-order valence-corrected chi connectivity index (χ1v) is 3.29. The van der Waals surface area contributed by atoms with Crippen molar-refractivity contribution in [3.8, 4) is 0 Å². The van der Waals surface area contributed by atoms with Crippen molar-refractivity contribution in [1.29, 1.82) is 0 Å². The molecule has 1 N–H and O–H groups in total. The largest absolute Gasteiger partial charge is 0.313 e. The van der Waals surface area contributed by atoms with Crippen molar-refractivity contribution >= 4 is 5.78 Å². The third-order valence-corrected chi connectivity index (χ3v) is 1.15. The Morgan fingerprint density at radius 1 is 1.55 bits per heavy atom. The van der Waals surface area contributed by atoms with Gasteiger partial charge in [-0.25, -0.2) is 9.97 Å². The molecule has 0 unspecified atom stereocenters. The molecule has 0 radical (unpaired) electrons. The highest BCUT2D eigenvalue weighted by Crippen LogP contribution is 1.87. The fraction of sp³-hybridized carbons (Fsp3) is 0.286. The molecule has 0 aliphatic rings. The lowest BCUT2D eigenvalue weighted by molar-refractivity contribution is 0.0983. The molecule has 1 rings (SSSR count). The van der Waals surface area contributed by atoms with E-state index in [0.29, 0.717) is 0 Å². The molecular weight excluding hydrogens is 142 g/mol. The number of carbonyl (C=O) groups is 1. The first-order chi connectivity index (χ1) is 5.34. The van der Waals surface area contributed by atoms with E-state index in [0.717, 1.165) is 0 Å². The lowest BCUT2D eigenvalue weighted by atomic mass is 10.3. The Bertz CT molecular complexity index is 235. The average molecular weight is 151 g/mol. The van der Waals surface area contributed by atoms with Crippen molar-refractivity contribution < 1.29 is 4.79 Å². The summed E-state index contributed by atoms with van der Waals surface area (Å²) in [5, 5.41) is 2.74. The number of nitrogens with zero attached hydrogens (tertiary/aromatic N) is 2. The number of rotatable bonds is 3. The molecule has 1 heterocycles. The molecule has 0 atom stereocenters. The average Bonchev–Trinajstić information content (AvgIpc) is 2.07. The van der Waals surface area contributed by atoms with Crippen molar-refractivity contribution in [1.82, 2.24) is 15.3 Å². The van der Waals surface area contributed by atoms with Crippen molar-refractivity contribution in [2.24, 2.45) is 0 Å². The maximum absolute atomic E-state index is 11.1. The van der Waals surface area contributed by atoms with Crippen LogP contribution in [0.15, 0.2) is 18.5 Å². The highest BCUT2D eigenvalue weighted by molar-refractivity contribution is 5.93. The molecule has 0 saturated carbocycles. The molecule has 4 heteroatoms. The van der Waals surface area contributed by atoms with E-state index in [1.807, 2.05) is 0 Å². The van der Waals surface area contributed by atoms with Crippen LogP contribution in [0, 0.1) is 0 Å². The molecule has 0 aliphatic heterocycles. The summed E-state index contributed by atoms with van der Waals surface area (Å²) < 4.78 is 0. The molecule has 0 aromatic carbocycles. The van der Waals surface area contributed by atoms with Gasteiger partial charge in [0.1, 0.15) is 0 Å². The van der Waals surface area contributed by atoms with E-state index in [2.05, 4.69) is 15.3 Å². The van der Waals surface area contributed by atoms with Gasteiger partial charge in [0, 0.05) is 12.4 Å². The van der Waals surface area contributed by atoms with Crippen LogP contribution in [0.4, 0.5) is 0 Å². The zero-order valence-corrected chi connectivity index (χ0v) is 6.24. The van der Waals surface area contributed by atoms with Gasteiger partial charge in [-0.3, -0.25) is 4.79 Å². The smallest absolute Gasteiger partial charge is 0.213 e. The van der Waals surface area contributed by atoms with Crippen LogP contribution in [0.25, 0.3) is 0 Å². The summed E-state index contributed by atoms with van der Waals surface area (Å²) in [5.74, 6) is 0.176. The molecule has 1 aromatic heterocycles. The zero-order valence-electron chi connectivity index (χ0n) is 6.24. The van der Waals surface area contributed by atoms with E-state index in [9.17, 15) is 4.79 Å². The number of hydrogen-bond acceptors (Lipinski definition) is 4. The quantitative estimate of drug-likeness (QED) is 0.612. The number of nitrogens with one attached hydrogen (secondary N) is 1. The second-order valence-electron chi connectivity index (χ2n) is 2.03. The predicted octanol–water partition coefficient (Wildman–Crippen LogP) is -0.121. The van der Waals surface area contributed by atoms with Crippen molar-refractivity contribution in [2.75, 3.05) is 13.6 Å². The van der Waals surface area contributed by atoms with Gasteiger partial charge in [0.05, 0.1) is 6.54 Å². The van der Waals surface area contributed by atoms with Crippen LogP contribution in [-0.2, 0) is 0 Å². The van der Waals surface area contributed by atoms with Crippen LogP contribution in [-0.4, -0.2) is 29.3 Å². The van der Waals surface area contributed by atoms with Gasteiger partial charge in [-0.2, -0.15) is 0 Å². The van der Waals surface area contributed by atoms with E-state index >= 15 is 0 Å². The van der Waals surface area contributed by atoms with E-state index in [4.69, 9.17) is 0 Å². The van der Waals surface area contributed by atoms with Crippen LogP contribution < -0.4 is 5.32 Å². The van der Waals surface area contributed by atoms with Crippen molar-refractivity contribution in [3.63, 3.8) is 0 Å². The Hall–Kier alpha value is -1.29. The van der Waals surface area contributed by atoms with Crippen LogP contribution in [0.1, 0.15) is 10.6 Å². The molecule has 0 saturated heterocycles. The van der Waals surface area contributed by atoms with Gasteiger partial charge in [-0.15, -0.1) is 0 Å². The van der Waals surface area contributed by atoms with Gasteiger partial charge in [0.25, 0.3) is 0 Å². The molecule has 0 aliphatic carbocycles. The topological polar surface area (TPSA) is 54.9 Å². The number of ketones is 1. The number of aromatic nitrogens is 2. The van der Waals surface area contributed by atoms with Crippen LogP contribution >= 0.6 is 0 Å². The van der Waals surface area contributed by atoms with E-state index in [-0.39, 0.29) is 18.2 Å². The maximum Gasteiger partial charge on any atom is 0.213 e. The number of Topliss-reactive ketones (excluding diaryl/α,β-unsaturated/α-hetero) is 1. The third-order valence-electron chi connectivity index (χ3n) is 1.15. The minimum atomic E-state index is -0.0897. The Morgan fingerprint density at radius 3 is 2.73 bits per heavy atom. The monoisotopic (exact) mass is 151 g/mol. The lowest BCUT2D eigenvalue weighted by Gasteiger charge is -1.95. The molecule has 11 heavy (non-hydrogen) atoms. The first-order valence-electron chi connectivity index (χ1n) is 3.29. The van der Waals surface area contributed by atoms with Gasteiger partial charge in [0.15, 0.2) is 5.82 Å². The van der Waals surface area contributed by atoms with E-state index in [1.54, 1.807) is 25.5 Å². The summed E-state index contributed by atoms with van der Waals surface area (Å²) in [6.45, 7) is 0.282. The highest BCUT2D eigenvalue weighted by atomic mass is 16.1. The Morgan fingerprint density at radius 2 is 2.18 bits per heavy atom. The normalized spacial score (nSPS) is 9.55. The Balaban J connectivity index is 2.69. The maximum atomic E-state index is 11.1. The highest BCUT2D eigenvalue weighted by Gasteiger charge is 2.04. The molecule has 1 aromatic rings. The Labute approximate surface area is 64.7 Å². The summed E-state index contributed by atoms with van der Waals surface area (Å²) in [6, 6.07) is 1.68. The van der Waals surface area contributed by atoms with Gasteiger partial charge < -0.3 is 5.32 Å².